The predicted molar refractivity (Wildman–Crippen MR) is 122 cm³/mol. The van der Waals surface area contributed by atoms with Gasteiger partial charge in [0.05, 0.1) is 24.6 Å². The molecule has 0 bridgehead atoms. The summed E-state index contributed by atoms with van der Waals surface area (Å²) in [5, 5.41) is 50.5. The van der Waals surface area contributed by atoms with Crippen molar-refractivity contribution in [2.75, 3.05) is 13.2 Å². The highest BCUT2D eigenvalue weighted by Gasteiger charge is 2.50. The van der Waals surface area contributed by atoms with Gasteiger partial charge in [0, 0.05) is 11.8 Å². The molecule has 8 N–H and O–H groups in total. The minimum atomic E-state index is -5.45. The third kappa shape index (κ3) is 7.00. The molecule has 0 aliphatic carbocycles. The lowest BCUT2D eigenvalue weighted by atomic mass is 10.0. The Bertz CT molecular complexity index is 1010. The average molecular weight is 594 g/mol. The zero-order valence-corrected chi connectivity index (χ0v) is 21.8. The molecular weight excluding hydrogens is 566 g/mol. The smallest absolute Gasteiger partial charge is 0.394 e. The Kier molecular flexibility index (Phi) is 9.66. The van der Waals surface area contributed by atoms with E-state index in [2.05, 4.69) is 37.9 Å². The lowest BCUT2D eigenvalue weighted by Crippen LogP contribution is -2.57. The number of aliphatic hydroxyl groups excluding tert-OH is 5. The summed E-state index contributed by atoms with van der Waals surface area (Å²) in [6.45, 7) is 3.37. The van der Waals surface area contributed by atoms with Gasteiger partial charge < -0.3 is 55.0 Å². The molecule has 11 atom stereocenters. The van der Waals surface area contributed by atoms with Crippen LogP contribution in [-0.2, 0) is 36.8 Å². The number of hydrogen-bond acceptors (Lipinski definition) is 15. The highest BCUT2D eigenvalue weighted by Crippen LogP contribution is 2.61. The van der Waals surface area contributed by atoms with Crippen molar-refractivity contribution in [2.24, 2.45) is 0 Å². The first kappa shape index (κ1) is 30.6. The van der Waals surface area contributed by atoms with Crippen molar-refractivity contribution in [3.05, 3.63) is 24.2 Å². The van der Waals surface area contributed by atoms with Gasteiger partial charge >= 0.3 is 15.6 Å². The van der Waals surface area contributed by atoms with E-state index in [9.17, 15) is 49.2 Å². The number of carbonyl (C=O) groups excluding carboxylic acids is 1. The topological polar surface area (TPSA) is 254 Å². The van der Waals surface area contributed by atoms with Crippen molar-refractivity contribution in [1.29, 1.82) is 0 Å². The summed E-state index contributed by atoms with van der Waals surface area (Å²) in [6.07, 6.45) is -11.2. The first-order valence-electron chi connectivity index (χ1n) is 10.6. The van der Waals surface area contributed by atoms with E-state index < -0.39 is 89.2 Å². The summed E-state index contributed by atoms with van der Waals surface area (Å²) < 4.78 is 48.5. The van der Waals surface area contributed by atoms with E-state index in [4.69, 9.17) is 9.47 Å². The molecule has 1 amide bonds. The molecular formula is C17H28N2O15P2S. The predicted octanol–water partition coefficient (Wildman–Crippen LogP) is -2.77. The molecule has 20 heteroatoms. The molecule has 0 aromatic rings. The van der Waals surface area contributed by atoms with Crippen LogP contribution >= 0.6 is 28.3 Å². The molecule has 0 spiro atoms. The van der Waals surface area contributed by atoms with Gasteiger partial charge in [0.2, 0.25) is 0 Å². The van der Waals surface area contributed by atoms with Gasteiger partial charge in [-0.05, 0) is 6.92 Å². The van der Waals surface area contributed by atoms with Gasteiger partial charge in [-0.2, -0.15) is 16.9 Å². The van der Waals surface area contributed by atoms with Crippen LogP contribution in [0.3, 0.4) is 0 Å². The fraction of sp³-hybridized carbons (Fsp3) is 0.706. The van der Waals surface area contributed by atoms with Crippen LogP contribution in [0.5, 0.6) is 0 Å². The Morgan fingerprint density at radius 3 is 2.32 bits per heavy atom. The fourth-order valence-corrected chi connectivity index (χ4v) is 6.16. The van der Waals surface area contributed by atoms with Gasteiger partial charge in [0.1, 0.15) is 36.3 Å². The van der Waals surface area contributed by atoms with E-state index in [0.29, 0.717) is 0 Å². The van der Waals surface area contributed by atoms with Crippen LogP contribution in [0.25, 0.3) is 0 Å². The van der Waals surface area contributed by atoms with Crippen molar-refractivity contribution >= 4 is 34.2 Å². The number of hydrogen-bond donors (Lipinski definition) is 9. The summed E-state index contributed by atoms with van der Waals surface area (Å²) in [4.78, 5) is 32.7. The lowest BCUT2D eigenvalue weighted by Gasteiger charge is -2.40. The number of amides is 1. The Labute approximate surface area is 215 Å². The zero-order valence-electron chi connectivity index (χ0n) is 19.1. The maximum atomic E-state index is 12.3. The molecule has 3 rings (SSSR count). The van der Waals surface area contributed by atoms with E-state index in [-0.39, 0.29) is 11.4 Å². The van der Waals surface area contributed by atoms with E-state index in [1.54, 1.807) is 0 Å². The SMILES string of the molecule is C=C1NC(=O)C(C)=CN1[C@@H]1O[C@H](COP(=O)(O)OP(=O)(O)O[C@@H]2OC(CO)[C@H](O)[C@H](O)C2S)C(O)[C@@H]1O. The normalized spacial score (nSPS) is 40.1. The van der Waals surface area contributed by atoms with E-state index in [1.165, 1.54) is 18.0 Å². The van der Waals surface area contributed by atoms with Crippen LogP contribution in [0.1, 0.15) is 6.92 Å². The van der Waals surface area contributed by atoms with Gasteiger partial charge in [0.25, 0.3) is 5.91 Å². The Hall–Kier alpha value is -0.920. The van der Waals surface area contributed by atoms with Crippen LogP contribution in [0, 0.1) is 0 Å². The number of aliphatic hydroxyl groups is 5. The molecule has 2 saturated heterocycles. The molecule has 212 valence electrons. The largest absolute Gasteiger partial charge is 0.483 e. The number of phosphoric ester groups is 2. The molecule has 3 aliphatic rings. The molecule has 0 radical (unpaired) electrons. The number of nitrogens with one attached hydrogen (secondary N) is 1. The number of ether oxygens (including phenoxy) is 2. The second-order valence-corrected chi connectivity index (χ2v) is 11.9. The van der Waals surface area contributed by atoms with Crippen molar-refractivity contribution in [1.82, 2.24) is 10.2 Å². The standard InChI is InChI=1S/C17H28N2O15P2S/c1-6-3-19(7(2)18-15(6)25)16-13(24)11(22)9(31-16)5-30-35(26,27)34-36(28,29)33-17-14(37)12(23)10(21)8(4-20)32-17/h3,8-14,16-17,20-24,37H,2,4-5H2,1H3,(H,18,25)(H,26,27)(H,28,29)/t8?,9-,10+,11?,12+,13+,14?,16-,17+/m1/s1. The summed E-state index contributed by atoms with van der Waals surface area (Å²) in [7, 11) is -10.8. The molecule has 0 aromatic carbocycles. The summed E-state index contributed by atoms with van der Waals surface area (Å²) in [5.74, 6) is -0.417. The first-order valence-corrected chi connectivity index (χ1v) is 14.1. The van der Waals surface area contributed by atoms with Crippen LogP contribution in [0.15, 0.2) is 24.2 Å². The molecule has 5 unspecified atom stereocenters. The van der Waals surface area contributed by atoms with Gasteiger partial charge in [-0.15, -0.1) is 0 Å². The summed E-state index contributed by atoms with van der Waals surface area (Å²) in [6, 6.07) is 0. The highest BCUT2D eigenvalue weighted by molar-refractivity contribution is 7.81. The number of nitrogens with zero attached hydrogens (tertiary/aromatic N) is 1. The Balaban J connectivity index is 1.60. The van der Waals surface area contributed by atoms with E-state index >= 15 is 0 Å². The minimum absolute atomic E-state index is 0.0245. The molecule has 3 aliphatic heterocycles. The highest BCUT2D eigenvalue weighted by atomic mass is 32.1. The number of carbonyl (C=O) groups is 1. The number of phosphoric acid groups is 2. The third-order valence-electron chi connectivity index (χ3n) is 5.57. The van der Waals surface area contributed by atoms with Crippen molar-refractivity contribution in [3.8, 4) is 0 Å². The Morgan fingerprint density at radius 1 is 1.08 bits per heavy atom. The molecule has 0 saturated carbocycles. The summed E-state index contributed by atoms with van der Waals surface area (Å²) in [5.41, 5.74) is 0.238. The molecule has 37 heavy (non-hydrogen) atoms. The summed E-state index contributed by atoms with van der Waals surface area (Å²) >= 11 is 3.90. The van der Waals surface area contributed by atoms with Crippen molar-refractivity contribution < 1.29 is 72.1 Å². The molecule has 3 heterocycles. The second kappa shape index (κ2) is 11.7. The van der Waals surface area contributed by atoms with Crippen LogP contribution in [0.4, 0.5) is 0 Å². The van der Waals surface area contributed by atoms with E-state index in [0.717, 1.165) is 0 Å². The van der Waals surface area contributed by atoms with Gasteiger partial charge in [-0.25, -0.2) is 9.13 Å². The van der Waals surface area contributed by atoms with Gasteiger partial charge in [-0.3, -0.25) is 13.8 Å². The quantitative estimate of drug-likeness (QED) is 0.0967. The molecule has 17 nitrogen and oxygen atoms in total. The Morgan fingerprint density at radius 2 is 1.70 bits per heavy atom. The number of rotatable bonds is 9. The molecule has 2 fully saturated rings. The first-order chi connectivity index (χ1) is 17.1. The number of thiol groups is 1. The fourth-order valence-electron chi connectivity index (χ4n) is 3.59. The minimum Gasteiger partial charge on any atom is -0.394 e. The maximum Gasteiger partial charge on any atom is 0.483 e. The van der Waals surface area contributed by atoms with Crippen LogP contribution in [0.2, 0.25) is 0 Å². The van der Waals surface area contributed by atoms with Crippen LogP contribution < -0.4 is 5.32 Å². The second-order valence-electron chi connectivity index (χ2n) is 8.28. The van der Waals surface area contributed by atoms with E-state index in [1.807, 2.05) is 0 Å². The van der Waals surface area contributed by atoms with Gasteiger partial charge in [-0.1, -0.05) is 6.58 Å². The van der Waals surface area contributed by atoms with Crippen molar-refractivity contribution in [3.63, 3.8) is 0 Å². The average Bonchev–Trinajstić information content (AvgIpc) is 3.08. The van der Waals surface area contributed by atoms with Crippen LogP contribution in [-0.4, -0.2) is 114 Å². The van der Waals surface area contributed by atoms with Gasteiger partial charge in [0.15, 0.2) is 12.5 Å². The zero-order chi connectivity index (χ0) is 27.9. The molecule has 0 aromatic heterocycles. The van der Waals surface area contributed by atoms with Crippen molar-refractivity contribution in [2.45, 2.75) is 61.3 Å². The third-order valence-corrected chi connectivity index (χ3v) is 8.71. The maximum absolute atomic E-state index is 12.3. The monoisotopic (exact) mass is 594 g/mol. The lowest BCUT2D eigenvalue weighted by molar-refractivity contribution is -0.228.